The Balaban J connectivity index is 2.13. The van der Waals surface area contributed by atoms with Crippen molar-refractivity contribution in [2.24, 2.45) is 22.2 Å². The summed E-state index contributed by atoms with van der Waals surface area (Å²) in [6.07, 6.45) is 16.8. The van der Waals surface area contributed by atoms with Gasteiger partial charge in [0.05, 0.1) is 12.1 Å². The van der Waals surface area contributed by atoms with Gasteiger partial charge in [0.1, 0.15) is 5.84 Å². The summed E-state index contributed by atoms with van der Waals surface area (Å²) in [5, 5.41) is 2.96. The van der Waals surface area contributed by atoms with E-state index in [-0.39, 0.29) is 18.0 Å². The SMILES string of the molecule is NCCCCCC=CC(=O)NC1CC1N=C(N)C=CCCCCCN. The molecule has 0 aromatic heterocycles. The molecular formula is C19H35N5O. The number of amidine groups is 1. The maximum absolute atomic E-state index is 11.8. The molecule has 0 aromatic carbocycles. The van der Waals surface area contributed by atoms with Gasteiger partial charge < -0.3 is 22.5 Å². The lowest BCUT2D eigenvalue weighted by Gasteiger charge is -1.99. The zero-order valence-electron chi connectivity index (χ0n) is 15.3. The molecule has 7 N–H and O–H groups in total. The van der Waals surface area contributed by atoms with Crippen molar-refractivity contribution in [1.82, 2.24) is 5.32 Å². The lowest BCUT2D eigenvalue weighted by molar-refractivity contribution is -0.116. The van der Waals surface area contributed by atoms with Crippen molar-refractivity contribution >= 4 is 11.7 Å². The van der Waals surface area contributed by atoms with Crippen LogP contribution in [0.1, 0.15) is 57.8 Å². The lowest BCUT2D eigenvalue weighted by Crippen LogP contribution is -2.26. The van der Waals surface area contributed by atoms with Crippen LogP contribution in [0.3, 0.4) is 0 Å². The maximum Gasteiger partial charge on any atom is 0.243 e. The summed E-state index contributed by atoms with van der Waals surface area (Å²) in [7, 11) is 0. The molecule has 2 unspecified atom stereocenters. The van der Waals surface area contributed by atoms with Crippen LogP contribution < -0.4 is 22.5 Å². The third-order valence-corrected chi connectivity index (χ3v) is 4.11. The first-order valence-electron chi connectivity index (χ1n) is 9.54. The van der Waals surface area contributed by atoms with Gasteiger partial charge >= 0.3 is 0 Å². The first-order valence-corrected chi connectivity index (χ1v) is 9.54. The first kappa shape index (κ1) is 21.4. The highest BCUT2D eigenvalue weighted by molar-refractivity contribution is 5.92. The third-order valence-electron chi connectivity index (χ3n) is 4.11. The number of hydrogen-bond acceptors (Lipinski definition) is 4. The molecule has 1 aliphatic carbocycles. The molecule has 6 nitrogen and oxygen atoms in total. The highest BCUT2D eigenvalue weighted by atomic mass is 16.1. The molecule has 25 heavy (non-hydrogen) atoms. The Labute approximate surface area is 152 Å². The molecule has 2 atom stereocenters. The van der Waals surface area contributed by atoms with Crippen molar-refractivity contribution in [2.75, 3.05) is 13.1 Å². The minimum atomic E-state index is -0.0458. The highest BCUT2D eigenvalue weighted by Gasteiger charge is 2.37. The molecular weight excluding hydrogens is 314 g/mol. The van der Waals surface area contributed by atoms with Gasteiger partial charge in [-0.2, -0.15) is 0 Å². The maximum atomic E-state index is 11.8. The van der Waals surface area contributed by atoms with Crippen LogP contribution in [0.5, 0.6) is 0 Å². The summed E-state index contributed by atoms with van der Waals surface area (Å²) in [6, 6.07) is 0.231. The molecule has 0 saturated heterocycles. The molecule has 1 saturated carbocycles. The van der Waals surface area contributed by atoms with E-state index in [0.717, 1.165) is 70.9 Å². The van der Waals surface area contributed by atoms with Gasteiger partial charge in [0, 0.05) is 0 Å². The van der Waals surface area contributed by atoms with Crippen molar-refractivity contribution in [1.29, 1.82) is 0 Å². The van der Waals surface area contributed by atoms with E-state index >= 15 is 0 Å². The number of aliphatic imine (C=N–C) groups is 1. The van der Waals surface area contributed by atoms with E-state index in [1.165, 1.54) is 0 Å². The summed E-state index contributed by atoms with van der Waals surface area (Å²) in [5.41, 5.74) is 16.8. The van der Waals surface area contributed by atoms with Crippen molar-refractivity contribution in [3.05, 3.63) is 24.3 Å². The van der Waals surface area contributed by atoms with E-state index in [0.29, 0.717) is 5.84 Å². The first-order chi connectivity index (χ1) is 12.2. The molecule has 0 heterocycles. The summed E-state index contributed by atoms with van der Waals surface area (Å²) in [4.78, 5) is 16.2. The molecule has 1 amide bonds. The van der Waals surface area contributed by atoms with E-state index in [4.69, 9.17) is 17.2 Å². The number of nitrogens with zero attached hydrogens (tertiary/aromatic N) is 1. The Hall–Kier alpha value is -1.66. The van der Waals surface area contributed by atoms with Crippen LogP contribution in [0.2, 0.25) is 0 Å². The van der Waals surface area contributed by atoms with Crippen LogP contribution in [0.25, 0.3) is 0 Å². The Morgan fingerprint density at radius 1 is 0.960 bits per heavy atom. The lowest BCUT2D eigenvalue weighted by atomic mass is 10.2. The number of nitrogens with two attached hydrogens (primary N) is 3. The molecule has 1 aliphatic rings. The second kappa shape index (κ2) is 13.6. The fraction of sp³-hybridized carbons (Fsp3) is 0.684. The fourth-order valence-corrected chi connectivity index (χ4v) is 2.51. The molecule has 1 fully saturated rings. The van der Waals surface area contributed by atoms with Gasteiger partial charge in [0.15, 0.2) is 0 Å². The summed E-state index contributed by atoms with van der Waals surface area (Å²) in [6.45, 7) is 1.49. The van der Waals surface area contributed by atoms with Gasteiger partial charge in [-0.1, -0.05) is 25.0 Å². The van der Waals surface area contributed by atoms with Gasteiger partial charge in [0.2, 0.25) is 5.91 Å². The number of allylic oxidation sites excluding steroid dienone is 2. The standard InChI is InChI=1S/C19H35N5O/c20-13-9-5-1-3-7-11-18(22)23-16-15-17(16)24-19(25)12-8-4-2-6-10-14-21/h7-8,11-12,16-17H,1-6,9-10,13-15,20-21H2,(H2,22,23)(H,24,25). The van der Waals surface area contributed by atoms with Crippen LogP contribution in [-0.4, -0.2) is 36.9 Å². The number of carbonyl (C=O) groups excluding carboxylic acids is 1. The predicted octanol–water partition coefficient (Wildman–Crippen LogP) is 1.75. The number of hydrogen-bond donors (Lipinski definition) is 4. The van der Waals surface area contributed by atoms with Crippen molar-refractivity contribution in [2.45, 2.75) is 69.9 Å². The molecule has 1 rings (SSSR count). The van der Waals surface area contributed by atoms with Gasteiger partial charge in [-0.05, 0) is 70.2 Å². The fourth-order valence-electron chi connectivity index (χ4n) is 2.51. The Bertz CT molecular complexity index is 459. The smallest absolute Gasteiger partial charge is 0.243 e. The van der Waals surface area contributed by atoms with E-state index < -0.39 is 0 Å². The average Bonchev–Trinajstić information content (AvgIpc) is 3.31. The molecule has 6 heteroatoms. The second-order valence-electron chi connectivity index (χ2n) is 6.55. The van der Waals surface area contributed by atoms with Gasteiger partial charge in [-0.25, -0.2) is 0 Å². The Kier molecular flexibility index (Phi) is 11.6. The summed E-state index contributed by atoms with van der Waals surface area (Å²) >= 11 is 0. The zero-order valence-corrected chi connectivity index (χ0v) is 15.3. The molecule has 0 spiro atoms. The average molecular weight is 350 g/mol. The third kappa shape index (κ3) is 11.5. The van der Waals surface area contributed by atoms with Gasteiger partial charge in [0.25, 0.3) is 0 Å². The van der Waals surface area contributed by atoms with Crippen molar-refractivity contribution in [3.63, 3.8) is 0 Å². The minimum absolute atomic E-state index is 0.0458. The number of nitrogens with one attached hydrogen (secondary N) is 1. The monoisotopic (exact) mass is 349 g/mol. The zero-order chi connectivity index (χ0) is 18.3. The van der Waals surface area contributed by atoms with E-state index in [9.17, 15) is 4.79 Å². The number of rotatable bonds is 14. The summed E-state index contributed by atoms with van der Waals surface area (Å²) < 4.78 is 0. The van der Waals surface area contributed by atoms with Gasteiger partial charge in [-0.15, -0.1) is 0 Å². The van der Waals surface area contributed by atoms with E-state index in [1.54, 1.807) is 6.08 Å². The van der Waals surface area contributed by atoms with Crippen LogP contribution in [0.15, 0.2) is 29.3 Å². The largest absolute Gasteiger partial charge is 0.384 e. The molecule has 0 aliphatic heterocycles. The van der Waals surface area contributed by atoms with Crippen LogP contribution in [-0.2, 0) is 4.79 Å². The number of carbonyl (C=O) groups is 1. The van der Waals surface area contributed by atoms with Crippen molar-refractivity contribution < 1.29 is 4.79 Å². The summed E-state index contributed by atoms with van der Waals surface area (Å²) in [5.74, 6) is 0.492. The van der Waals surface area contributed by atoms with Crippen LogP contribution in [0, 0.1) is 0 Å². The molecule has 0 bridgehead atoms. The Morgan fingerprint density at radius 2 is 1.56 bits per heavy atom. The highest BCUT2D eigenvalue weighted by Crippen LogP contribution is 2.25. The topological polar surface area (TPSA) is 120 Å². The second-order valence-corrected chi connectivity index (χ2v) is 6.55. The van der Waals surface area contributed by atoms with Gasteiger partial charge in [-0.3, -0.25) is 9.79 Å². The number of amides is 1. The number of unbranched alkanes of at least 4 members (excludes halogenated alkanes) is 6. The van der Waals surface area contributed by atoms with E-state index in [2.05, 4.69) is 16.4 Å². The molecule has 142 valence electrons. The van der Waals surface area contributed by atoms with Crippen molar-refractivity contribution in [3.8, 4) is 0 Å². The van der Waals surface area contributed by atoms with Crippen LogP contribution >= 0.6 is 0 Å². The van der Waals surface area contributed by atoms with E-state index in [1.807, 2.05) is 12.2 Å². The quantitative estimate of drug-likeness (QED) is 0.165. The normalized spacial score (nSPS) is 20.5. The minimum Gasteiger partial charge on any atom is -0.384 e. The predicted molar refractivity (Wildman–Crippen MR) is 105 cm³/mol. The Morgan fingerprint density at radius 3 is 2.16 bits per heavy atom. The van der Waals surface area contributed by atoms with Crippen LogP contribution in [0.4, 0.5) is 0 Å². The molecule has 0 radical (unpaired) electrons. The molecule has 0 aromatic rings.